The molecule has 2 fully saturated rings. The van der Waals surface area contributed by atoms with Gasteiger partial charge in [-0.15, -0.1) is 0 Å². The van der Waals surface area contributed by atoms with Crippen molar-refractivity contribution in [2.45, 2.75) is 51.9 Å². The van der Waals surface area contributed by atoms with Gasteiger partial charge in [-0.25, -0.2) is 0 Å². The molecule has 0 spiro atoms. The molecule has 19 heavy (non-hydrogen) atoms. The number of nitrogens with one attached hydrogen (secondary N) is 1. The molecule has 4 atom stereocenters. The Kier molecular flexibility index (Phi) is 6.07. The van der Waals surface area contributed by atoms with Gasteiger partial charge in [0.25, 0.3) is 0 Å². The zero-order chi connectivity index (χ0) is 13.7. The molecule has 4 unspecified atom stereocenters. The monoisotopic (exact) mass is 270 g/mol. The minimum Gasteiger partial charge on any atom is -0.381 e. The summed E-state index contributed by atoms with van der Waals surface area (Å²) in [5.74, 6) is 0.681. The van der Waals surface area contributed by atoms with E-state index in [9.17, 15) is 0 Å². The minimum absolute atomic E-state index is 0.357. The fourth-order valence-corrected chi connectivity index (χ4v) is 3.29. The number of hydrogen-bond acceptors (Lipinski definition) is 4. The van der Waals surface area contributed by atoms with Crippen molar-refractivity contribution >= 4 is 0 Å². The third kappa shape index (κ3) is 4.71. The summed E-state index contributed by atoms with van der Waals surface area (Å²) in [5, 5.41) is 3.73. The second-order valence-corrected chi connectivity index (χ2v) is 6.16. The van der Waals surface area contributed by atoms with Crippen LogP contribution >= 0.6 is 0 Å². The molecule has 4 heteroatoms. The van der Waals surface area contributed by atoms with Crippen LogP contribution in [0.4, 0.5) is 0 Å². The second kappa shape index (κ2) is 7.58. The molecule has 0 amide bonds. The van der Waals surface area contributed by atoms with Gasteiger partial charge >= 0.3 is 0 Å². The molecule has 0 radical (unpaired) electrons. The smallest absolute Gasteiger partial charge is 0.0678 e. The molecule has 0 bridgehead atoms. The summed E-state index contributed by atoms with van der Waals surface area (Å²) in [4.78, 5) is 2.56. The highest BCUT2D eigenvalue weighted by Gasteiger charge is 2.29. The number of ether oxygens (including phenoxy) is 2. The van der Waals surface area contributed by atoms with E-state index in [4.69, 9.17) is 9.47 Å². The lowest BCUT2D eigenvalue weighted by Gasteiger charge is -2.38. The molecule has 0 aromatic rings. The Balaban J connectivity index is 1.86. The average molecular weight is 270 g/mol. The van der Waals surface area contributed by atoms with Gasteiger partial charge in [-0.2, -0.15) is 0 Å². The maximum Gasteiger partial charge on any atom is 0.0678 e. The molecule has 0 saturated carbocycles. The zero-order valence-corrected chi connectivity index (χ0v) is 12.7. The lowest BCUT2D eigenvalue weighted by molar-refractivity contribution is -0.0712. The summed E-state index contributed by atoms with van der Waals surface area (Å²) in [6, 6.07) is 0.569. The van der Waals surface area contributed by atoms with Crippen LogP contribution in [-0.4, -0.2) is 62.5 Å². The highest BCUT2D eigenvalue weighted by Crippen LogP contribution is 2.19. The van der Waals surface area contributed by atoms with Gasteiger partial charge in [-0.3, -0.25) is 4.90 Å². The van der Waals surface area contributed by atoms with Crippen molar-refractivity contribution in [1.29, 1.82) is 0 Å². The fourth-order valence-electron chi connectivity index (χ4n) is 3.29. The SMILES string of the molecule is CCCNC(CN1CC(C)OC(C)C1)C1CCOC1. The van der Waals surface area contributed by atoms with Gasteiger partial charge in [0.05, 0.1) is 18.8 Å². The first-order valence-electron chi connectivity index (χ1n) is 7.88. The van der Waals surface area contributed by atoms with E-state index in [0.717, 1.165) is 39.4 Å². The number of rotatable bonds is 6. The Labute approximate surface area is 117 Å². The summed E-state index contributed by atoms with van der Waals surface area (Å²) < 4.78 is 11.4. The zero-order valence-electron chi connectivity index (χ0n) is 12.7. The highest BCUT2D eigenvalue weighted by molar-refractivity contribution is 4.84. The molecule has 1 N–H and O–H groups in total. The fraction of sp³-hybridized carbons (Fsp3) is 1.00. The largest absolute Gasteiger partial charge is 0.381 e. The van der Waals surface area contributed by atoms with Crippen molar-refractivity contribution in [2.24, 2.45) is 5.92 Å². The van der Waals surface area contributed by atoms with Gasteiger partial charge in [0, 0.05) is 38.2 Å². The van der Waals surface area contributed by atoms with Gasteiger partial charge in [0.15, 0.2) is 0 Å². The van der Waals surface area contributed by atoms with Crippen molar-refractivity contribution in [3.05, 3.63) is 0 Å². The predicted octanol–water partition coefficient (Wildman–Crippen LogP) is 1.50. The summed E-state index contributed by atoms with van der Waals surface area (Å²) in [6.45, 7) is 12.8. The molecular formula is C15H30N2O2. The van der Waals surface area contributed by atoms with Crippen molar-refractivity contribution in [1.82, 2.24) is 10.2 Å². The molecule has 0 aromatic heterocycles. The average Bonchev–Trinajstić information content (AvgIpc) is 2.87. The van der Waals surface area contributed by atoms with Crippen LogP contribution in [0.15, 0.2) is 0 Å². The lowest BCUT2D eigenvalue weighted by Crippen LogP contribution is -2.52. The number of morpholine rings is 1. The van der Waals surface area contributed by atoms with Crippen LogP contribution in [0.2, 0.25) is 0 Å². The van der Waals surface area contributed by atoms with E-state index < -0.39 is 0 Å². The van der Waals surface area contributed by atoms with E-state index in [0.29, 0.717) is 24.2 Å². The minimum atomic E-state index is 0.357. The Morgan fingerprint density at radius 2 is 2.00 bits per heavy atom. The lowest BCUT2D eigenvalue weighted by atomic mass is 9.97. The maximum atomic E-state index is 5.82. The van der Waals surface area contributed by atoms with Crippen LogP contribution in [0.3, 0.4) is 0 Å². The van der Waals surface area contributed by atoms with E-state index in [2.05, 4.69) is 31.0 Å². The standard InChI is InChI=1S/C15H30N2O2/c1-4-6-16-15(14-5-7-18-11-14)10-17-8-12(2)19-13(3)9-17/h12-16H,4-11H2,1-3H3. The molecule has 2 aliphatic heterocycles. The quantitative estimate of drug-likeness (QED) is 0.793. The molecule has 0 aliphatic carbocycles. The second-order valence-electron chi connectivity index (χ2n) is 6.16. The molecule has 112 valence electrons. The van der Waals surface area contributed by atoms with E-state index >= 15 is 0 Å². The van der Waals surface area contributed by atoms with Crippen molar-refractivity contribution in [3.63, 3.8) is 0 Å². The van der Waals surface area contributed by atoms with Crippen LogP contribution < -0.4 is 5.32 Å². The van der Waals surface area contributed by atoms with E-state index in [-0.39, 0.29) is 0 Å². The van der Waals surface area contributed by atoms with Crippen LogP contribution in [0.5, 0.6) is 0 Å². The van der Waals surface area contributed by atoms with Gasteiger partial charge in [-0.1, -0.05) is 6.92 Å². The Morgan fingerprint density at radius 3 is 2.58 bits per heavy atom. The van der Waals surface area contributed by atoms with E-state index in [1.54, 1.807) is 0 Å². The molecule has 4 nitrogen and oxygen atoms in total. The van der Waals surface area contributed by atoms with Crippen molar-refractivity contribution in [3.8, 4) is 0 Å². The van der Waals surface area contributed by atoms with Gasteiger partial charge in [0.2, 0.25) is 0 Å². The molecule has 2 saturated heterocycles. The molecule has 2 rings (SSSR count). The normalized spacial score (nSPS) is 34.6. The van der Waals surface area contributed by atoms with Crippen LogP contribution in [0, 0.1) is 5.92 Å². The maximum absolute atomic E-state index is 5.82. The first-order chi connectivity index (χ1) is 9.19. The third-order valence-corrected chi connectivity index (χ3v) is 4.14. The summed E-state index contributed by atoms with van der Waals surface area (Å²) in [6.07, 6.45) is 3.11. The van der Waals surface area contributed by atoms with Crippen molar-refractivity contribution < 1.29 is 9.47 Å². The van der Waals surface area contributed by atoms with Crippen LogP contribution in [0.1, 0.15) is 33.6 Å². The van der Waals surface area contributed by atoms with E-state index in [1.807, 2.05) is 0 Å². The Bertz CT molecular complexity index is 247. The molecule has 2 aliphatic rings. The van der Waals surface area contributed by atoms with Crippen LogP contribution in [0.25, 0.3) is 0 Å². The summed E-state index contributed by atoms with van der Waals surface area (Å²) >= 11 is 0. The summed E-state index contributed by atoms with van der Waals surface area (Å²) in [7, 11) is 0. The van der Waals surface area contributed by atoms with Gasteiger partial charge < -0.3 is 14.8 Å². The number of hydrogen-bond donors (Lipinski definition) is 1. The third-order valence-electron chi connectivity index (χ3n) is 4.14. The first kappa shape index (κ1) is 15.2. The molecule has 0 aromatic carbocycles. The molecular weight excluding hydrogens is 240 g/mol. The van der Waals surface area contributed by atoms with Gasteiger partial charge in [0.1, 0.15) is 0 Å². The van der Waals surface area contributed by atoms with Gasteiger partial charge in [-0.05, 0) is 33.2 Å². The first-order valence-corrected chi connectivity index (χ1v) is 7.88. The topological polar surface area (TPSA) is 33.7 Å². The summed E-state index contributed by atoms with van der Waals surface area (Å²) in [5.41, 5.74) is 0. The van der Waals surface area contributed by atoms with Crippen molar-refractivity contribution in [2.75, 3.05) is 39.4 Å². The molecule has 2 heterocycles. The number of nitrogens with zero attached hydrogens (tertiary/aromatic N) is 1. The Hall–Kier alpha value is -0.160. The Morgan fingerprint density at radius 1 is 1.26 bits per heavy atom. The predicted molar refractivity (Wildman–Crippen MR) is 77.5 cm³/mol. The highest BCUT2D eigenvalue weighted by atomic mass is 16.5. The van der Waals surface area contributed by atoms with Crippen LogP contribution in [-0.2, 0) is 9.47 Å². The van der Waals surface area contributed by atoms with E-state index in [1.165, 1.54) is 12.8 Å².